The number of hydrogen-bond donors (Lipinski definition) is 1. The van der Waals surface area contributed by atoms with E-state index in [1.54, 1.807) is 7.11 Å². The summed E-state index contributed by atoms with van der Waals surface area (Å²) in [7, 11) is 1.63. The third-order valence-electron chi connectivity index (χ3n) is 7.18. The summed E-state index contributed by atoms with van der Waals surface area (Å²) in [6, 6.07) is 23.8. The Balaban J connectivity index is 1.57. The largest absolute Gasteiger partial charge is 0.497 e. The minimum absolute atomic E-state index is 0.137. The van der Waals surface area contributed by atoms with Crippen molar-refractivity contribution >= 4 is 28.8 Å². The van der Waals surface area contributed by atoms with Crippen molar-refractivity contribution in [3.63, 3.8) is 0 Å². The Bertz CT molecular complexity index is 1590. The fraction of sp³-hybridized carbons (Fsp3) is 0.194. The van der Waals surface area contributed by atoms with Crippen molar-refractivity contribution in [3.8, 4) is 28.1 Å². The molecular weight excluding hydrogens is 482 g/mol. The summed E-state index contributed by atoms with van der Waals surface area (Å²) in [6.45, 7) is 2.98. The molecule has 0 bridgehead atoms. The lowest BCUT2D eigenvalue weighted by molar-refractivity contribution is 0.102. The van der Waals surface area contributed by atoms with Gasteiger partial charge in [0.05, 0.1) is 12.8 Å². The van der Waals surface area contributed by atoms with Crippen molar-refractivity contribution < 1.29 is 9.53 Å². The van der Waals surface area contributed by atoms with E-state index in [1.807, 2.05) is 48.5 Å². The Hall–Kier alpha value is -3.96. The summed E-state index contributed by atoms with van der Waals surface area (Å²) < 4.78 is 9.74. The number of anilines is 1. The molecule has 0 atom stereocenters. The molecule has 0 radical (unpaired) electrons. The average Bonchev–Trinajstić information content (AvgIpc) is 3.33. The van der Waals surface area contributed by atoms with Gasteiger partial charge in [0.15, 0.2) is 0 Å². The molecule has 6 heteroatoms. The Morgan fingerprint density at radius 1 is 0.919 bits per heavy atom. The molecule has 5 nitrogen and oxygen atoms in total. The molecule has 5 aromatic rings. The van der Waals surface area contributed by atoms with E-state index in [2.05, 4.69) is 51.7 Å². The summed E-state index contributed by atoms with van der Waals surface area (Å²) in [5.74, 6) is 0.611. The standard InChI is InChI=1S/C31H28ClN3O2/c1-20-6-8-22(9-7-20)28-26-5-3-4-18-34-27(21-10-12-23(32)13-11-21)19-35(31(26)34)29(28)30(36)33-24-14-16-25(37-2)17-15-24/h6-17,19H,3-5,18H2,1-2H3,(H,33,36). The maximum Gasteiger partial charge on any atom is 0.273 e. The molecule has 0 unspecified atom stereocenters. The van der Waals surface area contributed by atoms with Crippen LogP contribution < -0.4 is 10.1 Å². The number of nitrogens with one attached hydrogen (secondary N) is 1. The number of nitrogens with zero attached hydrogens (tertiary/aromatic N) is 2. The van der Waals surface area contributed by atoms with Crippen LogP contribution >= 0.6 is 11.6 Å². The zero-order chi connectivity index (χ0) is 25.5. The van der Waals surface area contributed by atoms with Crippen molar-refractivity contribution in [3.05, 3.63) is 101 Å². The van der Waals surface area contributed by atoms with Crippen LogP contribution in [0.5, 0.6) is 5.75 Å². The van der Waals surface area contributed by atoms with Crippen LogP contribution in [-0.4, -0.2) is 22.0 Å². The molecule has 2 aromatic heterocycles. The highest BCUT2D eigenvalue weighted by Gasteiger charge is 2.29. The van der Waals surface area contributed by atoms with Gasteiger partial charge in [0.25, 0.3) is 5.91 Å². The molecule has 1 aliphatic heterocycles. The summed E-state index contributed by atoms with van der Waals surface area (Å²) in [5, 5.41) is 3.84. The zero-order valence-corrected chi connectivity index (χ0v) is 21.7. The molecular formula is C31H28ClN3O2. The van der Waals surface area contributed by atoms with Crippen LogP contribution in [0.3, 0.4) is 0 Å². The van der Waals surface area contributed by atoms with Gasteiger partial charge in [-0.1, -0.05) is 53.6 Å². The monoisotopic (exact) mass is 509 g/mol. The van der Waals surface area contributed by atoms with Crippen LogP contribution in [0.2, 0.25) is 5.02 Å². The number of benzene rings is 3. The summed E-state index contributed by atoms with van der Waals surface area (Å²) in [6.07, 6.45) is 5.18. The number of aromatic nitrogens is 2. The Kier molecular flexibility index (Phi) is 6.01. The van der Waals surface area contributed by atoms with Gasteiger partial charge in [-0.25, -0.2) is 0 Å². The molecule has 1 aliphatic rings. The third-order valence-corrected chi connectivity index (χ3v) is 7.43. The van der Waals surface area contributed by atoms with Crippen molar-refractivity contribution in [1.29, 1.82) is 0 Å². The molecule has 0 fully saturated rings. The Morgan fingerprint density at radius 3 is 2.32 bits per heavy atom. The van der Waals surface area contributed by atoms with E-state index >= 15 is 0 Å². The molecule has 1 N–H and O–H groups in total. The minimum atomic E-state index is -0.137. The number of hydrogen-bond acceptors (Lipinski definition) is 2. The predicted molar refractivity (Wildman–Crippen MR) is 150 cm³/mol. The zero-order valence-electron chi connectivity index (χ0n) is 20.9. The van der Waals surface area contributed by atoms with Crippen molar-refractivity contribution in [2.75, 3.05) is 12.4 Å². The molecule has 6 rings (SSSR count). The number of carbonyl (C=O) groups excluding carboxylic acids is 1. The SMILES string of the molecule is COc1ccc(NC(=O)c2c(-c3ccc(C)cc3)c3c4n(c(-c5ccc(Cl)cc5)cn24)CCCC3)cc1. The fourth-order valence-corrected chi connectivity index (χ4v) is 5.48. The van der Waals surface area contributed by atoms with Crippen LogP contribution in [0.25, 0.3) is 28.0 Å². The number of methoxy groups -OCH3 is 1. The summed E-state index contributed by atoms with van der Waals surface area (Å²) in [5.41, 5.74) is 9.13. The number of aryl methyl sites for hydroxylation is 3. The molecule has 0 aliphatic carbocycles. The highest BCUT2D eigenvalue weighted by atomic mass is 35.5. The lowest BCUT2D eigenvalue weighted by atomic mass is 9.97. The van der Waals surface area contributed by atoms with Gasteiger partial charge < -0.3 is 14.6 Å². The van der Waals surface area contributed by atoms with Gasteiger partial charge in [-0.2, -0.15) is 0 Å². The van der Waals surface area contributed by atoms with E-state index in [-0.39, 0.29) is 5.91 Å². The van der Waals surface area contributed by atoms with Crippen molar-refractivity contribution in [2.24, 2.45) is 0 Å². The number of ether oxygens (including phenoxy) is 1. The molecule has 186 valence electrons. The topological polar surface area (TPSA) is 47.7 Å². The van der Waals surface area contributed by atoms with E-state index in [0.717, 1.165) is 65.3 Å². The first-order chi connectivity index (χ1) is 18.0. The van der Waals surface area contributed by atoms with Gasteiger partial charge in [0.1, 0.15) is 17.1 Å². The van der Waals surface area contributed by atoms with Gasteiger partial charge in [-0.05, 0) is 73.7 Å². The van der Waals surface area contributed by atoms with Gasteiger partial charge in [-0.15, -0.1) is 0 Å². The molecule has 3 aromatic carbocycles. The third kappa shape index (κ3) is 4.19. The van der Waals surface area contributed by atoms with Crippen LogP contribution in [0, 0.1) is 6.92 Å². The van der Waals surface area contributed by atoms with Crippen LogP contribution in [0.1, 0.15) is 34.5 Å². The Morgan fingerprint density at radius 2 is 1.62 bits per heavy atom. The number of carbonyl (C=O) groups is 1. The number of halogens is 1. The van der Waals surface area contributed by atoms with E-state index in [4.69, 9.17) is 16.3 Å². The molecule has 0 saturated carbocycles. The highest BCUT2D eigenvalue weighted by Crippen LogP contribution is 2.40. The molecule has 0 spiro atoms. The minimum Gasteiger partial charge on any atom is -0.497 e. The average molecular weight is 510 g/mol. The maximum absolute atomic E-state index is 14.0. The van der Waals surface area contributed by atoms with Crippen LogP contribution in [0.15, 0.2) is 79.0 Å². The molecule has 0 saturated heterocycles. The first kappa shape index (κ1) is 23.4. The van der Waals surface area contributed by atoms with E-state index < -0.39 is 0 Å². The second-order valence-electron chi connectivity index (χ2n) is 9.57. The second kappa shape index (κ2) is 9.49. The highest BCUT2D eigenvalue weighted by molar-refractivity contribution is 6.30. The van der Waals surface area contributed by atoms with Crippen LogP contribution in [0.4, 0.5) is 5.69 Å². The first-order valence-electron chi connectivity index (χ1n) is 12.6. The van der Waals surface area contributed by atoms with Crippen LogP contribution in [-0.2, 0) is 13.0 Å². The molecule has 37 heavy (non-hydrogen) atoms. The van der Waals surface area contributed by atoms with Crippen molar-refractivity contribution in [1.82, 2.24) is 8.97 Å². The lowest BCUT2D eigenvalue weighted by Gasteiger charge is -2.11. The fourth-order valence-electron chi connectivity index (χ4n) is 5.36. The van der Waals surface area contributed by atoms with Gasteiger partial charge >= 0.3 is 0 Å². The van der Waals surface area contributed by atoms with Gasteiger partial charge in [-0.3, -0.25) is 9.20 Å². The smallest absolute Gasteiger partial charge is 0.273 e. The predicted octanol–water partition coefficient (Wildman–Crippen LogP) is 7.63. The quantitative estimate of drug-likeness (QED) is 0.264. The van der Waals surface area contributed by atoms with E-state index in [9.17, 15) is 4.79 Å². The summed E-state index contributed by atoms with van der Waals surface area (Å²) in [4.78, 5) is 14.0. The molecule has 1 amide bonds. The number of amides is 1. The normalized spacial score (nSPS) is 12.9. The van der Waals surface area contributed by atoms with Crippen molar-refractivity contribution in [2.45, 2.75) is 32.7 Å². The Labute approximate surface area is 221 Å². The first-order valence-corrected chi connectivity index (χ1v) is 13.0. The lowest BCUT2D eigenvalue weighted by Crippen LogP contribution is -2.15. The second-order valence-corrected chi connectivity index (χ2v) is 10.0. The van der Waals surface area contributed by atoms with Gasteiger partial charge in [0, 0.05) is 34.6 Å². The van der Waals surface area contributed by atoms with E-state index in [1.165, 1.54) is 11.1 Å². The maximum atomic E-state index is 14.0. The van der Waals surface area contributed by atoms with Gasteiger partial charge in [0.2, 0.25) is 0 Å². The summed E-state index contributed by atoms with van der Waals surface area (Å²) >= 11 is 6.18. The number of imidazole rings is 1. The molecule has 3 heterocycles. The number of rotatable bonds is 5. The van der Waals surface area contributed by atoms with E-state index in [0.29, 0.717) is 10.7 Å².